The smallest absolute Gasteiger partial charge is 0.328 e. The molecule has 0 bridgehead atoms. The van der Waals surface area contributed by atoms with Crippen molar-refractivity contribution in [2.45, 2.75) is 173 Å². The molecular formula is C58H87N3O10. The number of hydroxylamine groups is 1. The van der Waals surface area contributed by atoms with E-state index in [0.29, 0.717) is 78.6 Å². The number of amides is 2. The minimum Gasteiger partial charge on any atom is -0.460 e. The van der Waals surface area contributed by atoms with Crippen LogP contribution in [0.1, 0.15) is 172 Å². The van der Waals surface area contributed by atoms with Crippen molar-refractivity contribution in [3.63, 3.8) is 0 Å². The maximum absolute atomic E-state index is 13.1. The fourth-order valence-electron chi connectivity index (χ4n) is 8.62. The number of ether oxygens (including phenoxy) is 5. The van der Waals surface area contributed by atoms with Crippen LogP contribution in [0.25, 0.3) is 11.1 Å². The Labute approximate surface area is 425 Å². The number of rotatable bonds is 41. The number of carbonyl (C=O) groups is 4. The number of fused-ring (bicyclic) bond motifs is 3. The minimum absolute atomic E-state index is 0.0785. The molecule has 0 saturated heterocycles. The highest BCUT2D eigenvalue weighted by molar-refractivity contribution is 5.85. The molecule has 3 aromatic rings. The Morgan fingerprint density at radius 2 is 1.03 bits per heavy atom. The summed E-state index contributed by atoms with van der Waals surface area (Å²) in [5, 5.41) is 5.74. The van der Waals surface area contributed by atoms with E-state index in [1.165, 1.54) is 73.6 Å². The number of nitrogens with one attached hydrogen (secondary N) is 3. The zero-order valence-electron chi connectivity index (χ0n) is 43.5. The first-order valence-electron chi connectivity index (χ1n) is 26.9. The van der Waals surface area contributed by atoms with E-state index in [9.17, 15) is 19.2 Å². The summed E-state index contributed by atoms with van der Waals surface area (Å²) in [7, 11) is 0. The largest absolute Gasteiger partial charge is 0.460 e. The summed E-state index contributed by atoms with van der Waals surface area (Å²) >= 11 is 0. The summed E-state index contributed by atoms with van der Waals surface area (Å²) < 4.78 is 27.9. The summed E-state index contributed by atoms with van der Waals surface area (Å²) in [5.41, 5.74) is 8.73. The Morgan fingerprint density at radius 3 is 1.59 bits per heavy atom. The van der Waals surface area contributed by atoms with E-state index in [4.69, 9.17) is 28.5 Å². The lowest BCUT2D eigenvalue weighted by atomic mass is 9.98. The van der Waals surface area contributed by atoms with Gasteiger partial charge in [0.25, 0.3) is 0 Å². The Hall–Kier alpha value is -4.66. The third-order valence-electron chi connectivity index (χ3n) is 12.4. The molecule has 1 aliphatic rings. The predicted octanol–water partition coefficient (Wildman–Crippen LogP) is 10.9. The number of unbranched alkanes of at least 4 members (excludes halogenated alkanes) is 13. The third kappa shape index (κ3) is 26.6. The van der Waals surface area contributed by atoms with Crippen LogP contribution in [0.5, 0.6) is 0 Å². The van der Waals surface area contributed by atoms with Gasteiger partial charge >= 0.3 is 11.9 Å². The van der Waals surface area contributed by atoms with Crippen LogP contribution in [0.3, 0.4) is 0 Å². The molecule has 0 aromatic heterocycles. The number of hydrogen-bond donors (Lipinski definition) is 3. The average Bonchev–Trinajstić information content (AvgIpc) is 3.68. The van der Waals surface area contributed by atoms with Crippen molar-refractivity contribution in [2.75, 3.05) is 59.3 Å². The Bertz CT molecular complexity index is 1880. The molecule has 0 unspecified atom stereocenters. The summed E-state index contributed by atoms with van der Waals surface area (Å²) in [6, 6.07) is 25.6. The van der Waals surface area contributed by atoms with Gasteiger partial charge in [-0.3, -0.25) is 14.4 Å². The van der Waals surface area contributed by atoms with Gasteiger partial charge in [-0.25, -0.2) is 10.3 Å². The number of esters is 2. The van der Waals surface area contributed by atoms with Crippen molar-refractivity contribution < 1.29 is 47.7 Å². The quantitative estimate of drug-likeness (QED) is 0.0282. The molecule has 0 spiro atoms. The Morgan fingerprint density at radius 1 is 0.535 bits per heavy atom. The normalized spacial score (nSPS) is 12.5. The second-order valence-corrected chi connectivity index (χ2v) is 19.6. The van der Waals surface area contributed by atoms with Gasteiger partial charge in [0.15, 0.2) is 0 Å². The molecule has 3 aromatic carbocycles. The van der Waals surface area contributed by atoms with Gasteiger partial charge in [0.05, 0.1) is 33.0 Å². The van der Waals surface area contributed by atoms with Gasteiger partial charge in [0.1, 0.15) is 18.2 Å². The first-order valence-corrected chi connectivity index (χ1v) is 26.9. The Balaban J connectivity index is 0.937. The van der Waals surface area contributed by atoms with Crippen LogP contribution >= 0.6 is 0 Å². The maximum atomic E-state index is 13.1. The van der Waals surface area contributed by atoms with E-state index < -0.39 is 17.6 Å². The molecule has 13 heteroatoms. The summed E-state index contributed by atoms with van der Waals surface area (Å²) in [5.74, 6) is -0.810. The van der Waals surface area contributed by atoms with E-state index in [2.05, 4.69) is 64.6 Å². The van der Waals surface area contributed by atoms with Crippen molar-refractivity contribution in [3.8, 4) is 11.1 Å². The predicted molar refractivity (Wildman–Crippen MR) is 279 cm³/mol. The fraction of sp³-hybridized carbons (Fsp3) is 0.621. The van der Waals surface area contributed by atoms with Gasteiger partial charge in [0.2, 0.25) is 11.8 Å². The van der Waals surface area contributed by atoms with E-state index in [1.54, 1.807) is 0 Å². The molecule has 13 nitrogen and oxygen atoms in total. The summed E-state index contributed by atoms with van der Waals surface area (Å²) in [6.45, 7) is 10.5. The zero-order chi connectivity index (χ0) is 50.6. The van der Waals surface area contributed by atoms with Gasteiger partial charge in [-0.1, -0.05) is 156 Å². The topological polar surface area (TPSA) is 160 Å². The van der Waals surface area contributed by atoms with Gasteiger partial charge in [0, 0.05) is 51.5 Å². The highest BCUT2D eigenvalue weighted by Gasteiger charge is 2.28. The molecule has 1 atom stereocenters. The molecule has 0 saturated carbocycles. The molecular weight excluding hydrogens is 899 g/mol. The maximum Gasteiger partial charge on any atom is 0.328 e. The molecule has 3 N–H and O–H groups in total. The molecule has 2 amide bonds. The van der Waals surface area contributed by atoms with Crippen molar-refractivity contribution in [1.82, 2.24) is 16.1 Å². The highest BCUT2D eigenvalue weighted by atomic mass is 16.6. The number of carbonyl (C=O) groups excluding carboxylic acids is 4. The van der Waals surface area contributed by atoms with Crippen LogP contribution in [0.2, 0.25) is 0 Å². The van der Waals surface area contributed by atoms with Gasteiger partial charge in [-0.05, 0) is 80.7 Å². The van der Waals surface area contributed by atoms with Crippen molar-refractivity contribution in [3.05, 3.63) is 95.6 Å². The summed E-state index contributed by atoms with van der Waals surface area (Å²) in [4.78, 5) is 56.4. The van der Waals surface area contributed by atoms with E-state index in [1.807, 2.05) is 51.1 Å². The van der Waals surface area contributed by atoms with Crippen LogP contribution in [0.15, 0.2) is 78.9 Å². The Kier molecular flexibility index (Phi) is 30.1. The zero-order valence-corrected chi connectivity index (χ0v) is 43.5. The van der Waals surface area contributed by atoms with Crippen molar-refractivity contribution in [2.24, 2.45) is 0 Å². The molecule has 4 rings (SSSR count). The molecule has 394 valence electrons. The molecule has 1 aliphatic carbocycles. The first-order chi connectivity index (χ1) is 34.6. The van der Waals surface area contributed by atoms with Gasteiger partial charge in [-0.15, -0.1) is 0 Å². The molecule has 0 aliphatic heterocycles. The highest BCUT2D eigenvalue weighted by Crippen LogP contribution is 2.44. The summed E-state index contributed by atoms with van der Waals surface area (Å²) in [6.07, 6.45) is 18.4. The fourth-order valence-corrected chi connectivity index (χ4v) is 8.62. The number of benzene rings is 3. The van der Waals surface area contributed by atoms with Gasteiger partial charge in [-0.2, -0.15) is 0 Å². The molecule has 0 radical (unpaired) electrons. The first kappa shape index (κ1) is 58.9. The lowest BCUT2D eigenvalue weighted by molar-refractivity contribution is -0.155. The van der Waals surface area contributed by atoms with Crippen LogP contribution in [0.4, 0.5) is 0 Å². The van der Waals surface area contributed by atoms with Gasteiger partial charge < -0.3 is 39.2 Å². The molecule has 0 heterocycles. The lowest BCUT2D eigenvalue weighted by Gasteiger charge is -2.19. The second-order valence-electron chi connectivity index (χ2n) is 19.6. The third-order valence-corrected chi connectivity index (χ3v) is 12.4. The monoisotopic (exact) mass is 986 g/mol. The average molecular weight is 986 g/mol. The SMILES string of the molecule is CC(C)(C)OC(=O)CCCCCCCCCCCCCCCCC(=O)N[C@@H](CCC(=O)NCCCOCCOCCOCCCNOCC1c2ccccc2-c2ccccc21)C(=O)OCc1ccccc1. The minimum atomic E-state index is -0.906. The van der Waals surface area contributed by atoms with Crippen LogP contribution in [-0.4, -0.2) is 94.7 Å². The second kappa shape index (κ2) is 36.3. The molecule has 71 heavy (non-hydrogen) atoms. The van der Waals surface area contributed by atoms with Crippen LogP contribution in [0, 0.1) is 0 Å². The van der Waals surface area contributed by atoms with Crippen LogP contribution < -0.4 is 16.1 Å². The lowest BCUT2D eigenvalue weighted by Crippen LogP contribution is -2.42. The van der Waals surface area contributed by atoms with E-state index in [0.717, 1.165) is 50.5 Å². The van der Waals surface area contributed by atoms with Crippen LogP contribution in [-0.2, 0) is 54.3 Å². The van der Waals surface area contributed by atoms with E-state index >= 15 is 0 Å². The van der Waals surface area contributed by atoms with Crippen molar-refractivity contribution >= 4 is 23.8 Å². The number of hydrogen-bond acceptors (Lipinski definition) is 11. The van der Waals surface area contributed by atoms with E-state index in [-0.39, 0.29) is 43.2 Å². The molecule has 0 fully saturated rings. The van der Waals surface area contributed by atoms with Crippen molar-refractivity contribution in [1.29, 1.82) is 0 Å². The standard InChI is InChI=1S/C58H87N3O10/c1-58(2,3)71-56(64)34-20-15-13-11-9-7-5-4-6-8-10-12-14-19-33-55(63)61-53(57(65)69-45-47-27-17-16-18-28-47)35-36-54(62)59-37-25-39-66-41-43-68-44-42-67-40-26-38-60-70-46-52-50-31-23-21-29-48(50)49-30-22-24-32-51(49)52/h16-18,21-24,27-32,52-53,60H,4-15,19-20,25-26,33-46H2,1-3H3,(H,59,62)(H,61,63)/t53-/m0/s1.